The molecule has 0 radical (unpaired) electrons. The Morgan fingerprint density at radius 1 is 0.917 bits per heavy atom. The maximum atomic E-state index is 10.4. The predicted octanol–water partition coefficient (Wildman–Crippen LogP) is 4.74. The number of carboxylic acid groups (broad SMARTS) is 1. The molecule has 0 saturated carbocycles. The standard InChI is InChI=1S/C18H20N2O4/c1-23-16-9-5-14(6-10-16)19-20-15-7-11-17(12-8-15)24-13-3-2-4-18(21)22/h5-12H,2-4,13H2,1H3,(H,21,22). The maximum absolute atomic E-state index is 10.4. The highest BCUT2D eigenvalue weighted by Gasteiger charge is 1.98. The highest BCUT2D eigenvalue weighted by molar-refractivity contribution is 5.66. The summed E-state index contributed by atoms with van der Waals surface area (Å²) in [5, 5.41) is 16.9. The summed E-state index contributed by atoms with van der Waals surface area (Å²) in [4.78, 5) is 10.4. The van der Waals surface area contributed by atoms with E-state index in [0.717, 1.165) is 22.9 Å². The molecule has 0 aliphatic carbocycles. The molecule has 0 amide bonds. The van der Waals surface area contributed by atoms with Crippen molar-refractivity contribution < 1.29 is 19.4 Å². The molecule has 0 aliphatic rings. The molecule has 0 bridgehead atoms. The van der Waals surface area contributed by atoms with Gasteiger partial charge < -0.3 is 14.6 Å². The molecule has 1 N–H and O–H groups in total. The fourth-order valence-corrected chi connectivity index (χ4v) is 1.94. The maximum Gasteiger partial charge on any atom is 0.303 e. The predicted molar refractivity (Wildman–Crippen MR) is 90.6 cm³/mol. The van der Waals surface area contributed by atoms with Crippen LogP contribution in [0.4, 0.5) is 11.4 Å². The fourth-order valence-electron chi connectivity index (χ4n) is 1.94. The van der Waals surface area contributed by atoms with Crippen molar-refractivity contribution in [1.29, 1.82) is 0 Å². The normalized spacial score (nSPS) is 10.7. The van der Waals surface area contributed by atoms with Gasteiger partial charge >= 0.3 is 5.97 Å². The van der Waals surface area contributed by atoms with Gasteiger partial charge in [-0.2, -0.15) is 10.2 Å². The molecule has 24 heavy (non-hydrogen) atoms. The minimum absolute atomic E-state index is 0.175. The molecule has 2 aromatic rings. The number of aliphatic carboxylic acids is 1. The first-order valence-electron chi connectivity index (χ1n) is 7.68. The number of unbranched alkanes of at least 4 members (excludes halogenated alkanes) is 1. The van der Waals surface area contributed by atoms with Crippen LogP contribution in [0.25, 0.3) is 0 Å². The number of benzene rings is 2. The van der Waals surface area contributed by atoms with Crippen molar-refractivity contribution in [3.63, 3.8) is 0 Å². The number of carbonyl (C=O) groups is 1. The summed E-state index contributed by atoms with van der Waals surface area (Å²) < 4.78 is 10.6. The van der Waals surface area contributed by atoms with Gasteiger partial charge in [-0.3, -0.25) is 4.79 Å². The van der Waals surface area contributed by atoms with Gasteiger partial charge in [0.25, 0.3) is 0 Å². The summed E-state index contributed by atoms with van der Waals surface area (Å²) in [6.07, 6.45) is 1.50. The smallest absolute Gasteiger partial charge is 0.303 e. The van der Waals surface area contributed by atoms with Crippen LogP contribution in [0.5, 0.6) is 11.5 Å². The molecule has 0 heterocycles. The summed E-state index contributed by atoms with van der Waals surface area (Å²) in [6, 6.07) is 14.6. The Balaban J connectivity index is 1.80. The Morgan fingerprint density at radius 2 is 1.46 bits per heavy atom. The van der Waals surface area contributed by atoms with Gasteiger partial charge in [-0.1, -0.05) is 0 Å². The largest absolute Gasteiger partial charge is 0.497 e. The van der Waals surface area contributed by atoms with Crippen LogP contribution in [-0.4, -0.2) is 24.8 Å². The highest BCUT2D eigenvalue weighted by atomic mass is 16.5. The first-order chi connectivity index (χ1) is 11.7. The van der Waals surface area contributed by atoms with Crippen LogP contribution < -0.4 is 9.47 Å². The Bertz CT molecular complexity index is 666. The Morgan fingerprint density at radius 3 is 1.96 bits per heavy atom. The third-order valence-corrected chi connectivity index (χ3v) is 3.24. The van der Waals surface area contributed by atoms with Crippen molar-refractivity contribution in [2.75, 3.05) is 13.7 Å². The van der Waals surface area contributed by atoms with Gasteiger partial charge in [0, 0.05) is 6.42 Å². The minimum Gasteiger partial charge on any atom is -0.497 e. The number of nitrogens with zero attached hydrogens (tertiary/aromatic N) is 2. The Kier molecular flexibility index (Phi) is 6.76. The van der Waals surface area contributed by atoms with E-state index in [1.165, 1.54) is 0 Å². The van der Waals surface area contributed by atoms with Gasteiger partial charge in [0.05, 0.1) is 25.1 Å². The van der Waals surface area contributed by atoms with Gasteiger partial charge in [-0.05, 0) is 61.4 Å². The molecule has 0 aliphatic heterocycles. The number of azo groups is 1. The van der Waals surface area contributed by atoms with Crippen LogP contribution in [0, 0.1) is 0 Å². The summed E-state index contributed by atoms with van der Waals surface area (Å²) in [5.41, 5.74) is 1.47. The molecule has 0 unspecified atom stereocenters. The van der Waals surface area contributed by atoms with Crippen molar-refractivity contribution in [3.05, 3.63) is 48.5 Å². The second-order valence-corrected chi connectivity index (χ2v) is 5.09. The van der Waals surface area contributed by atoms with Gasteiger partial charge in [-0.25, -0.2) is 0 Å². The average Bonchev–Trinajstić information content (AvgIpc) is 2.61. The summed E-state index contributed by atoms with van der Waals surface area (Å²) in [5.74, 6) is 0.731. The number of carboxylic acids is 1. The molecule has 0 fully saturated rings. The number of hydrogen-bond acceptors (Lipinski definition) is 5. The van der Waals surface area contributed by atoms with E-state index in [9.17, 15) is 4.79 Å². The molecule has 0 saturated heterocycles. The third-order valence-electron chi connectivity index (χ3n) is 3.24. The van der Waals surface area contributed by atoms with Crippen molar-refractivity contribution in [2.45, 2.75) is 19.3 Å². The lowest BCUT2D eigenvalue weighted by Gasteiger charge is -2.05. The highest BCUT2D eigenvalue weighted by Crippen LogP contribution is 2.23. The SMILES string of the molecule is COc1ccc(N=Nc2ccc(OCCCCC(=O)O)cc2)cc1. The molecule has 0 aromatic heterocycles. The number of ether oxygens (including phenoxy) is 2. The zero-order chi connectivity index (χ0) is 17.2. The van der Waals surface area contributed by atoms with Crippen LogP contribution in [0.2, 0.25) is 0 Å². The second-order valence-electron chi connectivity index (χ2n) is 5.09. The average molecular weight is 328 g/mol. The Hall–Kier alpha value is -2.89. The minimum atomic E-state index is -0.776. The number of rotatable bonds is 9. The van der Waals surface area contributed by atoms with E-state index in [1.54, 1.807) is 7.11 Å². The number of hydrogen-bond donors (Lipinski definition) is 1. The lowest BCUT2D eigenvalue weighted by atomic mass is 10.2. The summed E-state index contributed by atoms with van der Waals surface area (Å²) >= 11 is 0. The van der Waals surface area contributed by atoms with Crippen molar-refractivity contribution in [1.82, 2.24) is 0 Å². The topological polar surface area (TPSA) is 80.5 Å². The quantitative estimate of drug-likeness (QED) is 0.532. The lowest BCUT2D eigenvalue weighted by molar-refractivity contribution is -0.137. The monoisotopic (exact) mass is 328 g/mol. The van der Waals surface area contributed by atoms with Gasteiger partial charge in [-0.15, -0.1) is 0 Å². The van der Waals surface area contributed by atoms with E-state index in [1.807, 2.05) is 48.5 Å². The molecule has 0 spiro atoms. The third kappa shape index (κ3) is 6.08. The van der Waals surface area contributed by atoms with Gasteiger partial charge in [0.1, 0.15) is 11.5 Å². The first-order valence-corrected chi connectivity index (χ1v) is 7.68. The van der Waals surface area contributed by atoms with Crippen molar-refractivity contribution in [3.8, 4) is 11.5 Å². The van der Waals surface area contributed by atoms with E-state index in [2.05, 4.69) is 10.2 Å². The Labute approximate surface area is 140 Å². The molecular formula is C18H20N2O4. The molecule has 6 nitrogen and oxygen atoms in total. The van der Waals surface area contributed by atoms with Gasteiger partial charge in [0.2, 0.25) is 0 Å². The zero-order valence-corrected chi connectivity index (χ0v) is 13.5. The van der Waals surface area contributed by atoms with Crippen LogP contribution in [0.3, 0.4) is 0 Å². The fraction of sp³-hybridized carbons (Fsp3) is 0.278. The van der Waals surface area contributed by atoms with Gasteiger partial charge in [0.15, 0.2) is 0 Å². The molecule has 6 heteroatoms. The molecular weight excluding hydrogens is 308 g/mol. The molecule has 2 rings (SSSR count). The van der Waals surface area contributed by atoms with Crippen LogP contribution >= 0.6 is 0 Å². The van der Waals surface area contributed by atoms with E-state index in [-0.39, 0.29) is 6.42 Å². The molecule has 126 valence electrons. The number of methoxy groups -OCH3 is 1. The first kappa shape index (κ1) is 17.5. The van der Waals surface area contributed by atoms with Crippen LogP contribution in [-0.2, 0) is 4.79 Å². The van der Waals surface area contributed by atoms with E-state index in [4.69, 9.17) is 14.6 Å². The van der Waals surface area contributed by atoms with E-state index in [0.29, 0.717) is 19.4 Å². The molecule has 2 aromatic carbocycles. The van der Waals surface area contributed by atoms with Crippen molar-refractivity contribution >= 4 is 17.3 Å². The van der Waals surface area contributed by atoms with Crippen LogP contribution in [0.15, 0.2) is 58.8 Å². The summed E-state index contributed by atoms with van der Waals surface area (Å²) in [6.45, 7) is 0.500. The molecule has 0 atom stereocenters. The van der Waals surface area contributed by atoms with Crippen LogP contribution in [0.1, 0.15) is 19.3 Å². The van der Waals surface area contributed by atoms with E-state index < -0.39 is 5.97 Å². The second kappa shape index (κ2) is 9.29. The zero-order valence-electron chi connectivity index (χ0n) is 13.5. The summed E-state index contributed by atoms with van der Waals surface area (Å²) in [7, 11) is 1.62. The van der Waals surface area contributed by atoms with Crippen molar-refractivity contribution in [2.24, 2.45) is 10.2 Å². The lowest BCUT2D eigenvalue weighted by Crippen LogP contribution is -2.00. The van der Waals surface area contributed by atoms with E-state index >= 15 is 0 Å².